The molecule has 0 aromatic carbocycles. The molecule has 0 heteroatoms. The predicted octanol–water partition coefficient (Wildman–Crippen LogP) is 2.51. The van der Waals surface area contributed by atoms with Crippen molar-refractivity contribution in [1.29, 1.82) is 0 Å². The fourth-order valence-corrected chi connectivity index (χ4v) is 0.787. The Labute approximate surface area is 57.0 Å². The van der Waals surface area contributed by atoms with Crippen LogP contribution in [0.5, 0.6) is 0 Å². The molecule has 0 aromatic rings. The summed E-state index contributed by atoms with van der Waals surface area (Å²) >= 11 is 0. The summed E-state index contributed by atoms with van der Waals surface area (Å²) in [4.78, 5) is 0. The first-order valence-corrected chi connectivity index (χ1v) is 3.55. The van der Waals surface area contributed by atoms with Gasteiger partial charge in [0.2, 0.25) is 0 Å². The quantitative estimate of drug-likeness (QED) is 0.305. The van der Waals surface area contributed by atoms with Crippen molar-refractivity contribution in [3.05, 3.63) is 11.6 Å². The number of hydrogen-bond donors (Lipinski definition) is 0. The Morgan fingerprint density at radius 1 is 1.56 bits per heavy atom. The zero-order chi connectivity index (χ0) is 6.53. The second-order valence-electron chi connectivity index (χ2n) is 2.46. The lowest BCUT2D eigenvalue weighted by Crippen LogP contribution is -1.67. The highest BCUT2D eigenvalue weighted by Gasteiger charge is 2.08. The number of terminal acetylenes is 1. The molecule has 9 heavy (non-hydrogen) atoms. The van der Waals surface area contributed by atoms with Crippen molar-refractivity contribution in [2.45, 2.75) is 32.1 Å². The van der Waals surface area contributed by atoms with Crippen molar-refractivity contribution in [2.24, 2.45) is 0 Å². The second kappa shape index (κ2) is 3.35. The molecule has 0 N–H and O–H groups in total. The molecule has 1 rings (SSSR count). The fourth-order valence-electron chi connectivity index (χ4n) is 0.787. The van der Waals surface area contributed by atoms with E-state index < -0.39 is 0 Å². The van der Waals surface area contributed by atoms with E-state index in [1.807, 2.05) is 0 Å². The van der Waals surface area contributed by atoms with Gasteiger partial charge in [-0.1, -0.05) is 11.6 Å². The van der Waals surface area contributed by atoms with Gasteiger partial charge in [0.25, 0.3) is 0 Å². The SMILES string of the molecule is C#CCCCC=C1CC1. The van der Waals surface area contributed by atoms with Crippen LogP contribution in [0.2, 0.25) is 0 Å². The largest absolute Gasteiger partial charge is 0.120 e. The molecule has 1 saturated carbocycles. The van der Waals surface area contributed by atoms with Gasteiger partial charge < -0.3 is 0 Å². The molecule has 0 bridgehead atoms. The van der Waals surface area contributed by atoms with Gasteiger partial charge in [0.15, 0.2) is 0 Å². The van der Waals surface area contributed by atoms with Crippen LogP contribution in [0, 0.1) is 12.3 Å². The summed E-state index contributed by atoms with van der Waals surface area (Å²) in [6, 6.07) is 0. The lowest BCUT2D eigenvalue weighted by atomic mass is 10.2. The van der Waals surface area contributed by atoms with E-state index in [-0.39, 0.29) is 0 Å². The minimum absolute atomic E-state index is 0.934. The molecule has 0 saturated heterocycles. The van der Waals surface area contributed by atoms with Crippen LogP contribution in [-0.4, -0.2) is 0 Å². The first-order chi connectivity index (χ1) is 4.43. The summed E-state index contributed by atoms with van der Waals surface area (Å²) in [5.74, 6) is 2.63. The molecule has 0 unspecified atom stereocenters. The van der Waals surface area contributed by atoms with Crippen LogP contribution < -0.4 is 0 Å². The molecule has 1 aliphatic carbocycles. The van der Waals surface area contributed by atoms with E-state index in [4.69, 9.17) is 6.42 Å². The first kappa shape index (κ1) is 6.42. The molecule has 48 valence electrons. The average Bonchev–Trinajstić information content (AvgIpc) is 2.63. The van der Waals surface area contributed by atoms with E-state index in [1.165, 1.54) is 25.7 Å². The summed E-state index contributed by atoms with van der Waals surface area (Å²) in [6.45, 7) is 0. The highest BCUT2D eigenvalue weighted by atomic mass is 14.1. The zero-order valence-electron chi connectivity index (χ0n) is 5.69. The summed E-state index contributed by atoms with van der Waals surface area (Å²) in [7, 11) is 0. The number of rotatable bonds is 3. The maximum atomic E-state index is 5.09. The standard InChI is InChI=1S/C9H12/c1-2-3-4-5-6-9-7-8-9/h1,6H,3-5,7-8H2. The van der Waals surface area contributed by atoms with Crippen LogP contribution in [0.1, 0.15) is 32.1 Å². The molecule has 0 amide bonds. The Balaban J connectivity index is 1.94. The van der Waals surface area contributed by atoms with Crippen LogP contribution in [0.25, 0.3) is 0 Å². The van der Waals surface area contributed by atoms with Gasteiger partial charge >= 0.3 is 0 Å². The third kappa shape index (κ3) is 2.98. The Kier molecular flexibility index (Phi) is 2.39. The fraction of sp³-hybridized carbons (Fsp3) is 0.556. The summed E-state index contributed by atoms with van der Waals surface area (Å²) in [5.41, 5.74) is 1.63. The van der Waals surface area contributed by atoms with Gasteiger partial charge in [-0.15, -0.1) is 12.3 Å². The molecule has 0 aromatic heterocycles. The van der Waals surface area contributed by atoms with E-state index in [0.717, 1.165) is 6.42 Å². The third-order valence-electron chi connectivity index (χ3n) is 1.50. The molecule has 0 nitrogen and oxygen atoms in total. The lowest BCUT2D eigenvalue weighted by molar-refractivity contribution is 0.884. The van der Waals surface area contributed by atoms with Crippen molar-refractivity contribution >= 4 is 0 Å². The highest BCUT2D eigenvalue weighted by molar-refractivity contribution is 5.15. The Bertz CT molecular complexity index is 140. The zero-order valence-corrected chi connectivity index (χ0v) is 5.69. The van der Waals surface area contributed by atoms with Crippen LogP contribution in [0.3, 0.4) is 0 Å². The van der Waals surface area contributed by atoms with E-state index in [1.54, 1.807) is 5.57 Å². The molecular formula is C9H12. The van der Waals surface area contributed by atoms with Crippen molar-refractivity contribution in [1.82, 2.24) is 0 Å². The first-order valence-electron chi connectivity index (χ1n) is 3.55. The van der Waals surface area contributed by atoms with Gasteiger partial charge in [0.05, 0.1) is 0 Å². The summed E-state index contributed by atoms with van der Waals surface area (Å²) in [6.07, 6.45) is 13.4. The average molecular weight is 120 g/mol. The van der Waals surface area contributed by atoms with Gasteiger partial charge in [-0.25, -0.2) is 0 Å². The van der Waals surface area contributed by atoms with Gasteiger partial charge in [-0.3, -0.25) is 0 Å². The second-order valence-corrected chi connectivity index (χ2v) is 2.46. The lowest BCUT2D eigenvalue weighted by Gasteiger charge is -1.84. The smallest absolute Gasteiger partial charge is 0.00890 e. The van der Waals surface area contributed by atoms with Crippen LogP contribution in [0.4, 0.5) is 0 Å². The van der Waals surface area contributed by atoms with Gasteiger partial charge in [-0.2, -0.15) is 0 Å². The topological polar surface area (TPSA) is 0 Å². The van der Waals surface area contributed by atoms with E-state index in [2.05, 4.69) is 12.0 Å². The van der Waals surface area contributed by atoms with Crippen LogP contribution in [0.15, 0.2) is 11.6 Å². The van der Waals surface area contributed by atoms with E-state index in [0.29, 0.717) is 0 Å². The van der Waals surface area contributed by atoms with Gasteiger partial charge in [0, 0.05) is 6.42 Å². The monoisotopic (exact) mass is 120 g/mol. The van der Waals surface area contributed by atoms with Crippen molar-refractivity contribution in [3.8, 4) is 12.3 Å². The molecular weight excluding hydrogens is 108 g/mol. The third-order valence-corrected chi connectivity index (χ3v) is 1.50. The minimum Gasteiger partial charge on any atom is -0.120 e. The molecule has 1 aliphatic rings. The number of unbranched alkanes of at least 4 members (excludes halogenated alkanes) is 2. The molecule has 0 radical (unpaired) electrons. The Morgan fingerprint density at radius 2 is 2.33 bits per heavy atom. The Hall–Kier alpha value is -0.700. The maximum absolute atomic E-state index is 5.09. The number of hydrogen-bond acceptors (Lipinski definition) is 0. The predicted molar refractivity (Wildman–Crippen MR) is 40.0 cm³/mol. The minimum atomic E-state index is 0.934. The summed E-state index contributed by atoms with van der Waals surface area (Å²) in [5, 5.41) is 0. The molecule has 0 spiro atoms. The maximum Gasteiger partial charge on any atom is 0.00890 e. The molecule has 0 heterocycles. The normalized spacial score (nSPS) is 14.8. The van der Waals surface area contributed by atoms with Crippen molar-refractivity contribution in [2.75, 3.05) is 0 Å². The van der Waals surface area contributed by atoms with Crippen molar-refractivity contribution < 1.29 is 0 Å². The van der Waals surface area contributed by atoms with Crippen molar-refractivity contribution in [3.63, 3.8) is 0 Å². The number of allylic oxidation sites excluding steroid dienone is 2. The molecule has 0 aliphatic heterocycles. The molecule has 1 fully saturated rings. The van der Waals surface area contributed by atoms with E-state index >= 15 is 0 Å². The van der Waals surface area contributed by atoms with Gasteiger partial charge in [-0.05, 0) is 25.7 Å². The highest BCUT2D eigenvalue weighted by Crippen LogP contribution is 2.28. The summed E-state index contributed by atoms with van der Waals surface area (Å²) < 4.78 is 0. The van der Waals surface area contributed by atoms with Crippen LogP contribution >= 0.6 is 0 Å². The van der Waals surface area contributed by atoms with Crippen LogP contribution in [-0.2, 0) is 0 Å². The Morgan fingerprint density at radius 3 is 2.89 bits per heavy atom. The molecule has 0 atom stereocenters. The van der Waals surface area contributed by atoms with Gasteiger partial charge in [0.1, 0.15) is 0 Å². The van der Waals surface area contributed by atoms with E-state index in [9.17, 15) is 0 Å².